The number of likely N-dealkylation sites (tertiary alicyclic amines) is 1. The quantitative estimate of drug-likeness (QED) is 0.807. The van der Waals surface area contributed by atoms with Gasteiger partial charge in [-0.15, -0.1) is 11.3 Å². The maximum Gasteiger partial charge on any atom is 0.150 e. The molecule has 5 nitrogen and oxygen atoms in total. The molecular weight excluding hydrogens is 342 g/mol. The Bertz CT molecular complexity index is 730. The maximum absolute atomic E-state index is 4.70. The summed E-state index contributed by atoms with van der Waals surface area (Å²) in [5.74, 6) is 1.06. The van der Waals surface area contributed by atoms with Gasteiger partial charge in [0.15, 0.2) is 0 Å². The van der Waals surface area contributed by atoms with Crippen molar-refractivity contribution in [1.82, 2.24) is 19.8 Å². The highest BCUT2D eigenvalue weighted by Crippen LogP contribution is 2.22. The van der Waals surface area contributed by atoms with E-state index in [4.69, 9.17) is 4.98 Å². The van der Waals surface area contributed by atoms with Crippen LogP contribution in [0.4, 0.5) is 5.82 Å². The first-order valence-electron chi connectivity index (χ1n) is 9.73. The average Bonchev–Trinajstić information content (AvgIpc) is 3.31. The molecule has 0 amide bonds. The van der Waals surface area contributed by atoms with Crippen LogP contribution in [0.15, 0.2) is 17.6 Å². The van der Waals surface area contributed by atoms with Crippen molar-refractivity contribution in [3.8, 4) is 0 Å². The van der Waals surface area contributed by atoms with Crippen molar-refractivity contribution in [2.24, 2.45) is 0 Å². The lowest BCUT2D eigenvalue weighted by Crippen LogP contribution is -2.46. The van der Waals surface area contributed by atoms with Crippen LogP contribution in [0.2, 0.25) is 0 Å². The second-order valence-corrected chi connectivity index (χ2v) is 8.58. The molecule has 140 valence electrons. The predicted molar refractivity (Wildman–Crippen MR) is 108 cm³/mol. The van der Waals surface area contributed by atoms with Crippen molar-refractivity contribution >= 4 is 17.2 Å². The summed E-state index contributed by atoms with van der Waals surface area (Å²) in [7, 11) is 0. The van der Waals surface area contributed by atoms with Gasteiger partial charge in [0.1, 0.15) is 5.82 Å². The molecule has 0 radical (unpaired) electrons. The molecule has 2 aliphatic heterocycles. The first-order valence-corrected chi connectivity index (χ1v) is 10.6. The fourth-order valence-corrected chi connectivity index (χ4v) is 4.88. The van der Waals surface area contributed by atoms with Crippen molar-refractivity contribution in [2.45, 2.75) is 39.8 Å². The molecule has 0 bridgehead atoms. The molecule has 4 heterocycles. The zero-order valence-corrected chi connectivity index (χ0v) is 16.8. The fraction of sp³-hybridized carbons (Fsp3) is 0.600. The van der Waals surface area contributed by atoms with E-state index in [1.807, 2.05) is 24.5 Å². The number of aromatic nitrogens is 2. The van der Waals surface area contributed by atoms with Crippen molar-refractivity contribution < 1.29 is 0 Å². The molecule has 26 heavy (non-hydrogen) atoms. The summed E-state index contributed by atoms with van der Waals surface area (Å²) in [6.07, 6.45) is 4.59. The number of rotatable bonds is 5. The smallest absolute Gasteiger partial charge is 0.150 e. The zero-order valence-electron chi connectivity index (χ0n) is 15.9. The van der Waals surface area contributed by atoms with Crippen LogP contribution in [0.5, 0.6) is 0 Å². The normalized spacial score (nSPS) is 19.4. The molecule has 2 aromatic rings. The molecule has 0 N–H and O–H groups in total. The molecule has 0 aromatic carbocycles. The summed E-state index contributed by atoms with van der Waals surface area (Å²) >= 11 is 1.92. The first-order chi connectivity index (χ1) is 12.7. The standard InChI is InChI=1S/C20H29N5S/c1-16-12-21-17(2)20(22-16)25-9-7-24(8-10-25)14-19-11-18(15-26-19)13-23-5-3-4-6-23/h11-12,15H,3-10,13-14H2,1-2H3. The van der Waals surface area contributed by atoms with Gasteiger partial charge in [0, 0.05) is 50.3 Å². The molecule has 2 fully saturated rings. The molecule has 0 spiro atoms. The van der Waals surface area contributed by atoms with Crippen molar-refractivity contribution in [3.05, 3.63) is 39.5 Å². The van der Waals surface area contributed by atoms with Crippen LogP contribution in [-0.4, -0.2) is 59.0 Å². The highest BCUT2D eigenvalue weighted by molar-refractivity contribution is 7.10. The Hall–Kier alpha value is -1.50. The monoisotopic (exact) mass is 371 g/mol. The van der Waals surface area contributed by atoms with E-state index < -0.39 is 0 Å². The van der Waals surface area contributed by atoms with Crippen LogP contribution >= 0.6 is 11.3 Å². The fourth-order valence-electron chi connectivity index (χ4n) is 3.95. The minimum atomic E-state index is 0.997. The van der Waals surface area contributed by atoms with Gasteiger partial charge < -0.3 is 4.90 Å². The lowest BCUT2D eigenvalue weighted by Gasteiger charge is -2.35. The lowest BCUT2D eigenvalue weighted by atomic mass is 10.2. The summed E-state index contributed by atoms with van der Waals surface area (Å²) in [6, 6.07) is 2.42. The largest absolute Gasteiger partial charge is 0.353 e. The van der Waals surface area contributed by atoms with Gasteiger partial charge in [-0.1, -0.05) is 0 Å². The molecule has 0 saturated carbocycles. The van der Waals surface area contributed by atoms with Gasteiger partial charge in [-0.2, -0.15) is 0 Å². The van der Waals surface area contributed by atoms with E-state index in [2.05, 4.69) is 38.1 Å². The van der Waals surface area contributed by atoms with Gasteiger partial charge in [0.25, 0.3) is 0 Å². The summed E-state index contributed by atoms with van der Waals surface area (Å²) < 4.78 is 0. The maximum atomic E-state index is 4.70. The van der Waals surface area contributed by atoms with Crippen molar-refractivity contribution in [3.63, 3.8) is 0 Å². The molecule has 0 aliphatic carbocycles. The molecular formula is C20H29N5S. The van der Waals surface area contributed by atoms with Gasteiger partial charge >= 0.3 is 0 Å². The number of aryl methyl sites for hydroxylation is 2. The van der Waals surface area contributed by atoms with Gasteiger partial charge in [-0.25, -0.2) is 4.98 Å². The van der Waals surface area contributed by atoms with Gasteiger partial charge in [0.05, 0.1) is 11.4 Å². The van der Waals surface area contributed by atoms with Crippen LogP contribution in [-0.2, 0) is 13.1 Å². The van der Waals surface area contributed by atoms with Gasteiger partial charge in [-0.3, -0.25) is 14.8 Å². The predicted octanol–water partition coefficient (Wildman–Crippen LogP) is 3.07. The van der Waals surface area contributed by atoms with Crippen molar-refractivity contribution in [1.29, 1.82) is 0 Å². The van der Waals surface area contributed by atoms with E-state index in [1.54, 1.807) is 0 Å². The molecule has 6 heteroatoms. The van der Waals surface area contributed by atoms with E-state index in [0.717, 1.165) is 56.5 Å². The Morgan fingerprint density at radius 2 is 1.69 bits per heavy atom. The number of thiophene rings is 1. The van der Waals surface area contributed by atoms with E-state index in [-0.39, 0.29) is 0 Å². The molecule has 2 aliphatic rings. The average molecular weight is 372 g/mol. The Morgan fingerprint density at radius 1 is 0.962 bits per heavy atom. The zero-order chi connectivity index (χ0) is 17.9. The summed E-state index contributed by atoms with van der Waals surface area (Å²) in [5.41, 5.74) is 3.53. The SMILES string of the molecule is Cc1cnc(C)c(N2CCN(Cc3cc(CN4CCCC4)cs3)CC2)n1. The van der Waals surface area contributed by atoms with Crippen LogP contribution in [0.3, 0.4) is 0 Å². The lowest BCUT2D eigenvalue weighted by molar-refractivity contribution is 0.251. The highest BCUT2D eigenvalue weighted by Gasteiger charge is 2.21. The Morgan fingerprint density at radius 3 is 2.46 bits per heavy atom. The molecule has 2 aromatic heterocycles. The minimum Gasteiger partial charge on any atom is -0.353 e. The molecule has 0 atom stereocenters. The third-order valence-corrected chi connectivity index (χ3v) is 6.39. The van der Waals surface area contributed by atoms with E-state index >= 15 is 0 Å². The summed E-state index contributed by atoms with van der Waals surface area (Å²) in [5, 5.41) is 2.36. The van der Waals surface area contributed by atoms with E-state index in [0.29, 0.717) is 0 Å². The van der Waals surface area contributed by atoms with Crippen LogP contribution in [0.25, 0.3) is 0 Å². The first kappa shape index (κ1) is 17.9. The van der Waals surface area contributed by atoms with E-state index in [9.17, 15) is 0 Å². The summed E-state index contributed by atoms with van der Waals surface area (Å²) in [4.78, 5) is 18.2. The third kappa shape index (κ3) is 4.24. The number of piperazine rings is 1. The Kier molecular flexibility index (Phi) is 5.52. The Balaban J connectivity index is 1.30. The molecule has 4 rings (SSSR count). The number of hydrogen-bond acceptors (Lipinski definition) is 6. The second-order valence-electron chi connectivity index (χ2n) is 7.59. The summed E-state index contributed by atoms with van der Waals surface area (Å²) in [6.45, 7) is 13.1. The van der Waals surface area contributed by atoms with Crippen molar-refractivity contribution in [2.75, 3.05) is 44.2 Å². The molecule has 2 saturated heterocycles. The minimum absolute atomic E-state index is 0.997. The second kappa shape index (κ2) is 8.03. The highest BCUT2D eigenvalue weighted by atomic mass is 32.1. The number of anilines is 1. The number of nitrogens with zero attached hydrogens (tertiary/aromatic N) is 5. The Labute approximate surface area is 160 Å². The topological polar surface area (TPSA) is 35.5 Å². The molecule has 0 unspecified atom stereocenters. The van der Waals surface area contributed by atoms with Crippen LogP contribution in [0.1, 0.15) is 34.7 Å². The van der Waals surface area contributed by atoms with E-state index in [1.165, 1.54) is 36.4 Å². The third-order valence-electron chi connectivity index (χ3n) is 5.42. The number of hydrogen-bond donors (Lipinski definition) is 0. The van der Waals surface area contributed by atoms with Crippen LogP contribution in [0, 0.1) is 13.8 Å². The van der Waals surface area contributed by atoms with Gasteiger partial charge in [0.2, 0.25) is 0 Å². The van der Waals surface area contributed by atoms with Crippen LogP contribution < -0.4 is 4.90 Å². The van der Waals surface area contributed by atoms with Gasteiger partial charge in [-0.05, 0) is 56.8 Å².